The number of rotatable bonds is 6. The molecule has 1 aromatic rings. The Morgan fingerprint density at radius 2 is 2.00 bits per heavy atom. The van der Waals surface area contributed by atoms with Crippen molar-refractivity contribution < 1.29 is 19.0 Å². The largest absolute Gasteiger partial charge is 0.497 e. The summed E-state index contributed by atoms with van der Waals surface area (Å²) in [6.07, 6.45) is 0.350. The van der Waals surface area contributed by atoms with Gasteiger partial charge in [-0.05, 0) is 24.3 Å². The average Bonchev–Trinajstić information content (AvgIpc) is 2.35. The molecule has 5 nitrogen and oxygen atoms in total. The van der Waals surface area contributed by atoms with Crippen LogP contribution in [0.15, 0.2) is 24.3 Å². The Hall–Kier alpha value is -1.75. The molecule has 98 valence electrons. The van der Waals surface area contributed by atoms with E-state index in [1.807, 2.05) is 24.3 Å². The van der Waals surface area contributed by atoms with Crippen LogP contribution in [0.5, 0.6) is 11.5 Å². The Labute approximate surface area is 106 Å². The number of amides is 1. The summed E-state index contributed by atoms with van der Waals surface area (Å²) >= 11 is 0. The zero-order valence-electron chi connectivity index (χ0n) is 10.3. The number of nitrogens with one attached hydrogen (secondary N) is 1. The number of carbonyl (C=O) groups is 1. The van der Waals surface area contributed by atoms with Crippen molar-refractivity contribution in [3.63, 3.8) is 0 Å². The summed E-state index contributed by atoms with van der Waals surface area (Å²) in [5.41, 5.74) is 0. The lowest BCUT2D eigenvalue weighted by Crippen LogP contribution is -2.48. The van der Waals surface area contributed by atoms with Crippen molar-refractivity contribution in [2.24, 2.45) is 0 Å². The topological polar surface area (TPSA) is 56.8 Å². The van der Waals surface area contributed by atoms with E-state index in [-0.39, 0.29) is 11.9 Å². The third-order valence-corrected chi connectivity index (χ3v) is 2.66. The molecule has 0 radical (unpaired) electrons. The fourth-order valence-electron chi connectivity index (χ4n) is 1.55. The maximum absolute atomic E-state index is 11.5. The van der Waals surface area contributed by atoms with E-state index in [1.54, 1.807) is 7.11 Å². The van der Waals surface area contributed by atoms with Gasteiger partial charge >= 0.3 is 0 Å². The van der Waals surface area contributed by atoms with Gasteiger partial charge < -0.3 is 19.5 Å². The van der Waals surface area contributed by atoms with Crippen molar-refractivity contribution in [3.05, 3.63) is 24.3 Å². The van der Waals surface area contributed by atoms with Crippen LogP contribution in [0.3, 0.4) is 0 Å². The van der Waals surface area contributed by atoms with E-state index in [4.69, 9.17) is 14.2 Å². The molecule has 1 aliphatic heterocycles. The first-order chi connectivity index (χ1) is 8.78. The second kappa shape index (κ2) is 6.26. The van der Waals surface area contributed by atoms with Crippen molar-refractivity contribution in [1.82, 2.24) is 5.32 Å². The third kappa shape index (κ3) is 3.63. The molecule has 1 aromatic carbocycles. The molecule has 5 heteroatoms. The summed E-state index contributed by atoms with van der Waals surface area (Å²) in [4.78, 5) is 11.5. The van der Waals surface area contributed by atoms with Crippen LogP contribution in [0.1, 0.15) is 6.42 Å². The zero-order chi connectivity index (χ0) is 12.8. The number of hydrogen-bond acceptors (Lipinski definition) is 4. The summed E-state index contributed by atoms with van der Waals surface area (Å²) in [5, 5.41) is 2.86. The number of carbonyl (C=O) groups excluding carboxylic acids is 1. The molecular formula is C13H17NO4. The average molecular weight is 251 g/mol. The molecule has 0 spiro atoms. The van der Waals surface area contributed by atoms with Crippen LogP contribution < -0.4 is 14.8 Å². The van der Waals surface area contributed by atoms with Gasteiger partial charge in [0.25, 0.3) is 0 Å². The van der Waals surface area contributed by atoms with Crippen LogP contribution in [0, 0.1) is 0 Å². The van der Waals surface area contributed by atoms with Gasteiger partial charge in [-0.1, -0.05) is 0 Å². The monoisotopic (exact) mass is 251 g/mol. The van der Waals surface area contributed by atoms with Crippen molar-refractivity contribution >= 4 is 5.91 Å². The molecule has 1 heterocycles. The van der Waals surface area contributed by atoms with E-state index in [9.17, 15) is 4.79 Å². The molecule has 0 aliphatic carbocycles. The first-order valence-corrected chi connectivity index (χ1v) is 5.92. The zero-order valence-corrected chi connectivity index (χ0v) is 10.3. The summed E-state index contributed by atoms with van der Waals surface area (Å²) < 4.78 is 15.5. The second-order valence-electron chi connectivity index (χ2n) is 4.08. The van der Waals surface area contributed by atoms with Crippen LogP contribution in [-0.4, -0.2) is 38.9 Å². The Balaban J connectivity index is 1.65. The van der Waals surface area contributed by atoms with Gasteiger partial charge in [-0.3, -0.25) is 4.79 Å². The van der Waals surface area contributed by atoms with E-state index in [0.29, 0.717) is 26.2 Å². The lowest BCUT2D eigenvalue weighted by Gasteiger charge is -2.26. The van der Waals surface area contributed by atoms with Crippen molar-refractivity contribution in [2.45, 2.75) is 12.5 Å². The maximum Gasteiger partial charge on any atom is 0.223 e. The SMILES string of the molecule is COc1ccc(OCCC(=O)NC2COC2)cc1. The molecule has 1 saturated heterocycles. The summed E-state index contributed by atoms with van der Waals surface area (Å²) in [5.74, 6) is 1.51. The van der Waals surface area contributed by atoms with Gasteiger partial charge in [0.1, 0.15) is 11.5 Å². The highest BCUT2D eigenvalue weighted by molar-refractivity contribution is 5.76. The molecule has 0 bridgehead atoms. The molecule has 0 unspecified atom stereocenters. The van der Waals surface area contributed by atoms with E-state index in [2.05, 4.69) is 5.32 Å². The van der Waals surface area contributed by atoms with E-state index in [1.165, 1.54) is 0 Å². The van der Waals surface area contributed by atoms with Crippen LogP contribution >= 0.6 is 0 Å². The molecular weight excluding hydrogens is 234 g/mol. The highest BCUT2D eigenvalue weighted by Gasteiger charge is 2.19. The number of hydrogen-bond donors (Lipinski definition) is 1. The summed E-state index contributed by atoms with van der Waals surface area (Å²) in [7, 11) is 1.62. The highest BCUT2D eigenvalue weighted by atomic mass is 16.5. The van der Waals surface area contributed by atoms with Crippen LogP contribution in [0.25, 0.3) is 0 Å². The number of methoxy groups -OCH3 is 1. The van der Waals surface area contributed by atoms with Crippen molar-refractivity contribution in [1.29, 1.82) is 0 Å². The smallest absolute Gasteiger partial charge is 0.223 e. The predicted octanol–water partition coefficient (Wildman–Crippen LogP) is 0.979. The molecule has 1 aliphatic rings. The van der Waals surface area contributed by atoms with Gasteiger partial charge in [0.05, 0.1) is 39.4 Å². The van der Waals surface area contributed by atoms with Gasteiger partial charge in [-0.15, -0.1) is 0 Å². The molecule has 1 N–H and O–H groups in total. The minimum Gasteiger partial charge on any atom is -0.497 e. The van der Waals surface area contributed by atoms with Crippen molar-refractivity contribution in [2.75, 3.05) is 26.9 Å². The fourth-order valence-corrected chi connectivity index (χ4v) is 1.55. The third-order valence-electron chi connectivity index (χ3n) is 2.66. The fraction of sp³-hybridized carbons (Fsp3) is 0.462. The van der Waals surface area contributed by atoms with Gasteiger partial charge in [0, 0.05) is 0 Å². The second-order valence-corrected chi connectivity index (χ2v) is 4.08. The lowest BCUT2D eigenvalue weighted by atomic mass is 10.2. The molecule has 1 fully saturated rings. The lowest BCUT2D eigenvalue weighted by molar-refractivity contribution is -0.125. The minimum atomic E-state index is -0.00295. The maximum atomic E-state index is 11.5. The predicted molar refractivity (Wildman–Crippen MR) is 65.9 cm³/mol. The molecule has 18 heavy (non-hydrogen) atoms. The highest BCUT2D eigenvalue weighted by Crippen LogP contribution is 2.16. The first kappa shape index (κ1) is 12.7. The Morgan fingerprint density at radius 1 is 1.33 bits per heavy atom. The van der Waals surface area contributed by atoms with Crippen LogP contribution in [0.2, 0.25) is 0 Å². The minimum absolute atomic E-state index is 0.00295. The number of ether oxygens (including phenoxy) is 3. The van der Waals surface area contributed by atoms with Gasteiger partial charge in [0.15, 0.2) is 0 Å². The summed E-state index contributed by atoms with van der Waals surface area (Å²) in [6.45, 7) is 1.60. The standard InChI is InChI=1S/C13H17NO4/c1-16-11-2-4-12(5-3-11)18-7-6-13(15)14-10-8-17-9-10/h2-5,10H,6-9H2,1H3,(H,14,15). The molecule has 1 amide bonds. The Kier molecular flexibility index (Phi) is 4.41. The normalized spacial score (nSPS) is 14.7. The molecule has 0 saturated carbocycles. The number of benzene rings is 1. The van der Waals surface area contributed by atoms with Crippen LogP contribution in [0.4, 0.5) is 0 Å². The van der Waals surface area contributed by atoms with E-state index >= 15 is 0 Å². The Bertz CT molecular complexity index is 386. The summed E-state index contributed by atoms with van der Waals surface area (Å²) in [6, 6.07) is 7.45. The van der Waals surface area contributed by atoms with E-state index in [0.717, 1.165) is 11.5 Å². The quantitative estimate of drug-likeness (QED) is 0.818. The van der Waals surface area contributed by atoms with E-state index < -0.39 is 0 Å². The molecule has 0 aromatic heterocycles. The van der Waals surface area contributed by atoms with Gasteiger partial charge in [0.2, 0.25) is 5.91 Å². The molecule has 2 rings (SSSR count). The van der Waals surface area contributed by atoms with Crippen molar-refractivity contribution in [3.8, 4) is 11.5 Å². The van der Waals surface area contributed by atoms with Crippen LogP contribution in [-0.2, 0) is 9.53 Å². The van der Waals surface area contributed by atoms with Gasteiger partial charge in [-0.25, -0.2) is 0 Å². The van der Waals surface area contributed by atoms with Gasteiger partial charge in [-0.2, -0.15) is 0 Å². The Morgan fingerprint density at radius 3 is 2.56 bits per heavy atom. The first-order valence-electron chi connectivity index (χ1n) is 5.92. The molecule has 0 atom stereocenters.